The number of carbonyl (C=O) groups is 2. The van der Waals surface area contributed by atoms with Crippen molar-refractivity contribution in [2.75, 3.05) is 19.6 Å². The number of nitrogens with zero attached hydrogens (tertiary/aromatic N) is 1. The fourth-order valence-electron chi connectivity index (χ4n) is 7.55. The van der Waals surface area contributed by atoms with E-state index in [4.69, 9.17) is 4.42 Å². The molecule has 5 fully saturated rings. The van der Waals surface area contributed by atoms with Crippen LogP contribution in [-0.2, 0) is 9.59 Å². The Hall–Kier alpha value is -1.82. The summed E-state index contributed by atoms with van der Waals surface area (Å²) in [5.41, 5.74) is -0.483. The first-order chi connectivity index (χ1) is 14.5. The summed E-state index contributed by atoms with van der Waals surface area (Å²) in [6, 6.07) is 4.06. The molecular formula is C24H35N3O3. The Bertz CT molecular complexity index is 770. The minimum Gasteiger partial charge on any atom is -0.468 e. The van der Waals surface area contributed by atoms with Crippen LogP contribution in [0.5, 0.6) is 0 Å². The van der Waals surface area contributed by atoms with Crippen molar-refractivity contribution in [2.24, 2.45) is 17.3 Å². The van der Waals surface area contributed by atoms with Gasteiger partial charge in [-0.3, -0.25) is 14.5 Å². The van der Waals surface area contributed by atoms with Gasteiger partial charge in [0.15, 0.2) is 0 Å². The second kappa shape index (κ2) is 7.70. The SMILES string of the molecule is CC(=O)NC12C[C@H]3C[C@@H](C1)CC(C(=O)NC[C@@H](c1ccco1)N1CCCCC1)(C3)C2. The average molecular weight is 414 g/mol. The van der Waals surface area contributed by atoms with Crippen LogP contribution in [0.4, 0.5) is 0 Å². The molecule has 4 aliphatic carbocycles. The van der Waals surface area contributed by atoms with Crippen LogP contribution in [-0.4, -0.2) is 41.9 Å². The van der Waals surface area contributed by atoms with E-state index in [1.165, 1.54) is 25.7 Å². The number of piperidine rings is 1. The predicted molar refractivity (Wildman–Crippen MR) is 114 cm³/mol. The largest absolute Gasteiger partial charge is 0.468 e. The fraction of sp³-hybridized carbons (Fsp3) is 0.750. The molecule has 0 radical (unpaired) electrons. The lowest BCUT2D eigenvalue weighted by Gasteiger charge is -2.61. The van der Waals surface area contributed by atoms with Crippen LogP contribution in [0.25, 0.3) is 0 Å². The second-order valence-corrected chi connectivity index (χ2v) is 10.5. The molecule has 6 rings (SSSR count). The van der Waals surface area contributed by atoms with Crippen molar-refractivity contribution in [3.05, 3.63) is 24.2 Å². The van der Waals surface area contributed by atoms with Crippen LogP contribution in [0, 0.1) is 17.3 Å². The van der Waals surface area contributed by atoms with Crippen LogP contribution in [0.15, 0.2) is 22.8 Å². The highest BCUT2D eigenvalue weighted by Crippen LogP contribution is 2.61. The summed E-state index contributed by atoms with van der Waals surface area (Å²) >= 11 is 0. The Morgan fingerprint density at radius 3 is 2.53 bits per heavy atom. The topological polar surface area (TPSA) is 74.6 Å². The predicted octanol–water partition coefficient (Wildman–Crippen LogP) is 3.40. The molecule has 6 heteroatoms. The Morgan fingerprint density at radius 2 is 1.90 bits per heavy atom. The van der Waals surface area contributed by atoms with Gasteiger partial charge in [0.25, 0.3) is 0 Å². The third kappa shape index (κ3) is 3.68. The van der Waals surface area contributed by atoms with Gasteiger partial charge in [0.1, 0.15) is 5.76 Å². The van der Waals surface area contributed by atoms with Gasteiger partial charge in [-0.25, -0.2) is 0 Å². The summed E-state index contributed by atoms with van der Waals surface area (Å²) < 4.78 is 5.75. The highest BCUT2D eigenvalue weighted by Gasteiger charge is 2.60. The number of hydrogen-bond donors (Lipinski definition) is 2. The van der Waals surface area contributed by atoms with Gasteiger partial charge in [-0.2, -0.15) is 0 Å². The zero-order valence-electron chi connectivity index (χ0n) is 18.1. The molecule has 1 aliphatic heterocycles. The van der Waals surface area contributed by atoms with Crippen molar-refractivity contribution >= 4 is 11.8 Å². The number of likely N-dealkylation sites (tertiary alicyclic amines) is 1. The van der Waals surface area contributed by atoms with Crippen LogP contribution < -0.4 is 10.6 Å². The first-order valence-electron chi connectivity index (χ1n) is 11.8. The lowest BCUT2D eigenvalue weighted by molar-refractivity contribution is -0.153. The van der Waals surface area contributed by atoms with E-state index < -0.39 is 0 Å². The van der Waals surface area contributed by atoms with Gasteiger partial charge in [-0.1, -0.05) is 6.42 Å². The summed E-state index contributed by atoms with van der Waals surface area (Å²) in [7, 11) is 0. The summed E-state index contributed by atoms with van der Waals surface area (Å²) in [5.74, 6) is 2.30. The summed E-state index contributed by atoms with van der Waals surface area (Å²) in [6.07, 6.45) is 11.5. The van der Waals surface area contributed by atoms with Crippen molar-refractivity contribution in [3.63, 3.8) is 0 Å². The molecular weight excluding hydrogens is 378 g/mol. The van der Waals surface area contributed by atoms with E-state index in [-0.39, 0.29) is 28.8 Å². The van der Waals surface area contributed by atoms with Gasteiger partial charge in [-0.05, 0) is 88.4 Å². The van der Waals surface area contributed by atoms with Crippen LogP contribution >= 0.6 is 0 Å². The van der Waals surface area contributed by atoms with Crippen molar-refractivity contribution in [2.45, 2.75) is 76.3 Å². The van der Waals surface area contributed by atoms with Gasteiger partial charge in [0.05, 0.1) is 17.7 Å². The molecule has 1 aromatic rings. The maximum absolute atomic E-state index is 13.6. The molecule has 2 amide bonds. The number of furan rings is 1. The first kappa shape index (κ1) is 20.1. The van der Waals surface area contributed by atoms with Gasteiger partial charge >= 0.3 is 0 Å². The molecule has 4 saturated carbocycles. The number of hydrogen-bond acceptors (Lipinski definition) is 4. The Balaban J connectivity index is 1.31. The lowest BCUT2D eigenvalue weighted by atomic mass is 9.46. The maximum Gasteiger partial charge on any atom is 0.226 e. The molecule has 1 saturated heterocycles. The highest BCUT2D eigenvalue weighted by molar-refractivity contribution is 5.84. The summed E-state index contributed by atoms with van der Waals surface area (Å²) in [5, 5.41) is 6.61. The van der Waals surface area contributed by atoms with Crippen molar-refractivity contribution in [1.29, 1.82) is 0 Å². The minimum atomic E-state index is -0.317. The van der Waals surface area contributed by atoms with Gasteiger partial charge < -0.3 is 15.1 Å². The van der Waals surface area contributed by atoms with Crippen molar-refractivity contribution < 1.29 is 14.0 Å². The lowest BCUT2D eigenvalue weighted by Crippen LogP contribution is -2.66. The van der Waals surface area contributed by atoms with E-state index >= 15 is 0 Å². The van der Waals surface area contributed by atoms with E-state index in [1.807, 2.05) is 12.1 Å². The number of amides is 2. The summed E-state index contributed by atoms with van der Waals surface area (Å²) in [4.78, 5) is 28.0. The zero-order chi connectivity index (χ0) is 20.8. The molecule has 5 atom stereocenters. The molecule has 2 N–H and O–H groups in total. The molecule has 6 nitrogen and oxygen atoms in total. The molecule has 30 heavy (non-hydrogen) atoms. The smallest absolute Gasteiger partial charge is 0.226 e. The number of carbonyl (C=O) groups excluding carboxylic acids is 2. The van der Waals surface area contributed by atoms with E-state index in [1.54, 1.807) is 13.2 Å². The normalized spacial score (nSPS) is 36.4. The van der Waals surface area contributed by atoms with Crippen LogP contribution in [0.3, 0.4) is 0 Å². The summed E-state index contributed by atoms with van der Waals surface area (Å²) in [6.45, 7) is 4.32. The molecule has 2 heterocycles. The Kier molecular flexibility index (Phi) is 5.16. The van der Waals surface area contributed by atoms with Crippen molar-refractivity contribution in [1.82, 2.24) is 15.5 Å². The quantitative estimate of drug-likeness (QED) is 0.750. The molecule has 5 aliphatic rings. The van der Waals surface area contributed by atoms with Gasteiger partial charge in [0, 0.05) is 19.0 Å². The fourth-order valence-corrected chi connectivity index (χ4v) is 7.55. The third-order valence-electron chi connectivity index (χ3n) is 8.14. The maximum atomic E-state index is 13.6. The first-order valence-corrected chi connectivity index (χ1v) is 11.8. The zero-order valence-corrected chi connectivity index (χ0v) is 18.1. The number of nitrogens with one attached hydrogen (secondary N) is 2. The highest BCUT2D eigenvalue weighted by atomic mass is 16.3. The Morgan fingerprint density at radius 1 is 1.17 bits per heavy atom. The third-order valence-corrected chi connectivity index (χ3v) is 8.14. The van der Waals surface area contributed by atoms with E-state index in [0.717, 1.165) is 51.0 Å². The van der Waals surface area contributed by atoms with Crippen LogP contribution in [0.2, 0.25) is 0 Å². The van der Waals surface area contributed by atoms with E-state index in [2.05, 4.69) is 15.5 Å². The van der Waals surface area contributed by atoms with E-state index in [9.17, 15) is 9.59 Å². The molecule has 164 valence electrons. The monoisotopic (exact) mass is 413 g/mol. The van der Waals surface area contributed by atoms with Gasteiger partial charge in [0.2, 0.25) is 11.8 Å². The van der Waals surface area contributed by atoms with Crippen molar-refractivity contribution in [3.8, 4) is 0 Å². The molecule has 1 aromatic heterocycles. The van der Waals surface area contributed by atoms with E-state index in [0.29, 0.717) is 18.4 Å². The minimum absolute atomic E-state index is 0.0375. The number of rotatable bonds is 6. The second-order valence-electron chi connectivity index (χ2n) is 10.5. The molecule has 0 spiro atoms. The molecule has 2 unspecified atom stereocenters. The molecule has 0 aromatic carbocycles. The Labute approximate surface area is 179 Å². The standard InChI is InChI=1S/C24H35N3O3/c1-17(28)26-24-13-18-10-19(14-24)12-23(11-18,16-24)22(29)25-15-20(21-6-5-9-30-21)27-7-3-2-4-8-27/h5-6,9,18-20H,2-4,7-8,10-16H2,1H3,(H,25,29)(H,26,28)/t18-,19+,20-,23?,24?/m0/s1. The average Bonchev–Trinajstić information content (AvgIpc) is 3.21. The van der Waals surface area contributed by atoms with Crippen LogP contribution in [0.1, 0.15) is 76.5 Å². The van der Waals surface area contributed by atoms with Gasteiger partial charge in [-0.15, -0.1) is 0 Å². The molecule has 4 bridgehead atoms.